The third-order valence-corrected chi connectivity index (χ3v) is 7.34. The molecule has 1 saturated heterocycles. The molecular formula is C21H24N6O4S. The van der Waals surface area contributed by atoms with Crippen LogP contribution >= 0.6 is 0 Å². The van der Waals surface area contributed by atoms with Crippen LogP contribution in [0.15, 0.2) is 53.7 Å². The monoisotopic (exact) mass is 456 g/mol. The van der Waals surface area contributed by atoms with Gasteiger partial charge >= 0.3 is 0 Å². The maximum absolute atomic E-state index is 13.2. The third kappa shape index (κ3) is 4.48. The summed E-state index contributed by atoms with van der Waals surface area (Å²) in [5.74, 6) is -0.112. The first-order valence-electron chi connectivity index (χ1n) is 10.2. The van der Waals surface area contributed by atoms with Crippen LogP contribution in [-0.4, -0.2) is 59.0 Å². The molecule has 2 heterocycles. The number of anilines is 1. The number of piperidine rings is 1. The lowest BCUT2D eigenvalue weighted by atomic mass is 9.98. The van der Waals surface area contributed by atoms with Crippen LogP contribution in [0.1, 0.15) is 18.4 Å². The van der Waals surface area contributed by atoms with Crippen LogP contribution in [0.3, 0.4) is 0 Å². The average Bonchev–Trinajstić information content (AvgIpc) is 3.34. The van der Waals surface area contributed by atoms with E-state index in [1.165, 1.54) is 27.4 Å². The topological polar surface area (TPSA) is 119 Å². The lowest BCUT2D eigenvalue weighted by molar-refractivity contribution is -0.120. The minimum absolute atomic E-state index is 0.122. The molecule has 4 rings (SSSR count). The van der Waals surface area contributed by atoms with E-state index in [4.69, 9.17) is 4.74 Å². The fraction of sp³-hybridized carbons (Fsp3) is 0.333. The van der Waals surface area contributed by atoms with E-state index in [0.29, 0.717) is 36.5 Å². The molecule has 1 aliphatic rings. The van der Waals surface area contributed by atoms with Gasteiger partial charge in [-0.1, -0.05) is 6.07 Å². The predicted octanol–water partition coefficient (Wildman–Crippen LogP) is 2.02. The maximum Gasteiger partial charge on any atom is 0.243 e. The Labute approximate surface area is 186 Å². The van der Waals surface area contributed by atoms with Crippen molar-refractivity contribution in [1.82, 2.24) is 24.5 Å². The highest BCUT2D eigenvalue weighted by Crippen LogP contribution is 2.28. The molecule has 0 spiro atoms. The van der Waals surface area contributed by atoms with Gasteiger partial charge in [0, 0.05) is 13.1 Å². The molecule has 0 bridgehead atoms. The number of tetrazole rings is 1. The van der Waals surface area contributed by atoms with Crippen LogP contribution in [0.4, 0.5) is 5.69 Å². The molecule has 1 N–H and O–H groups in total. The summed E-state index contributed by atoms with van der Waals surface area (Å²) < 4.78 is 34.5. The zero-order valence-electron chi connectivity index (χ0n) is 17.8. The Bertz CT molecular complexity index is 1200. The molecule has 0 saturated carbocycles. The fourth-order valence-electron chi connectivity index (χ4n) is 3.73. The Balaban J connectivity index is 1.48. The van der Waals surface area contributed by atoms with Crippen LogP contribution in [0, 0.1) is 12.8 Å². The number of nitrogens with zero attached hydrogens (tertiary/aromatic N) is 5. The van der Waals surface area contributed by atoms with Crippen LogP contribution in [-0.2, 0) is 14.8 Å². The number of aryl methyl sites for hydroxylation is 1. The van der Waals surface area contributed by atoms with Crippen molar-refractivity contribution in [3.63, 3.8) is 0 Å². The number of nitrogens with one attached hydrogen (secondary N) is 1. The number of hydrogen-bond donors (Lipinski definition) is 1. The largest absolute Gasteiger partial charge is 0.495 e. The number of carbonyl (C=O) groups is 1. The summed E-state index contributed by atoms with van der Waals surface area (Å²) >= 11 is 0. The van der Waals surface area contributed by atoms with Crippen molar-refractivity contribution in [1.29, 1.82) is 0 Å². The normalized spacial score (nSPS) is 17.1. The van der Waals surface area contributed by atoms with Crippen LogP contribution in [0.5, 0.6) is 5.75 Å². The van der Waals surface area contributed by atoms with Crippen LogP contribution in [0.2, 0.25) is 0 Å². The molecule has 2 aromatic carbocycles. The SMILES string of the molecule is COc1ccc(C)cc1NC(=O)[C@H]1CCCN(S(=O)(=O)c2ccc(-n3cnnn3)cc2)C1. The van der Waals surface area contributed by atoms with Gasteiger partial charge in [-0.2, -0.15) is 4.31 Å². The van der Waals surface area contributed by atoms with Crippen LogP contribution < -0.4 is 10.1 Å². The van der Waals surface area contributed by atoms with E-state index in [1.807, 2.05) is 19.1 Å². The third-order valence-electron chi connectivity index (χ3n) is 5.46. The Hall–Kier alpha value is -3.31. The molecule has 1 fully saturated rings. The zero-order valence-corrected chi connectivity index (χ0v) is 18.6. The van der Waals surface area contributed by atoms with Gasteiger partial charge in [-0.05, 0) is 72.2 Å². The second-order valence-corrected chi connectivity index (χ2v) is 9.58. The summed E-state index contributed by atoms with van der Waals surface area (Å²) in [6.45, 7) is 2.42. The minimum atomic E-state index is -3.74. The fourth-order valence-corrected chi connectivity index (χ4v) is 5.25. The molecule has 1 atom stereocenters. The van der Waals surface area contributed by atoms with Crippen molar-refractivity contribution >= 4 is 21.6 Å². The highest BCUT2D eigenvalue weighted by Gasteiger charge is 2.33. The number of hydrogen-bond acceptors (Lipinski definition) is 7. The van der Waals surface area contributed by atoms with Gasteiger partial charge in [-0.25, -0.2) is 13.1 Å². The van der Waals surface area contributed by atoms with Gasteiger partial charge in [0.1, 0.15) is 12.1 Å². The van der Waals surface area contributed by atoms with E-state index >= 15 is 0 Å². The second-order valence-electron chi connectivity index (χ2n) is 7.64. The quantitative estimate of drug-likeness (QED) is 0.603. The van der Waals surface area contributed by atoms with Gasteiger partial charge in [-0.3, -0.25) is 4.79 Å². The number of sulfonamides is 1. The average molecular weight is 457 g/mol. The van der Waals surface area contributed by atoms with Crippen molar-refractivity contribution in [2.24, 2.45) is 5.92 Å². The Kier molecular flexibility index (Phi) is 6.19. The number of aromatic nitrogens is 4. The molecule has 3 aromatic rings. The molecule has 168 valence electrons. The highest BCUT2D eigenvalue weighted by atomic mass is 32.2. The van der Waals surface area contributed by atoms with Crippen molar-refractivity contribution in [2.75, 3.05) is 25.5 Å². The van der Waals surface area contributed by atoms with Crippen molar-refractivity contribution in [3.8, 4) is 11.4 Å². The molecule has 10 nitrogen and oxygen atoms in total. The Morgan fingerprint density at radius 2 is 1.97 bits per heavy atom. The molecule has 32 heavy (non-hydrogen) atoms. The van der Waals surface area contributed by atoms with E-state index in [0.717, 1.165) is 5.56 Å². The van der Waals surface area contributed by atoms with Gasteiger partial charge in [0.2, 0.25) is 15.9 Å². The van der Waals surface area contributed by atoms with E-state index in [1.54, 1.807) is 25.3 Å². The van der Waals surface area contributed by atoms with Gasteiger partial charge in [0.25, 0.3) is 0 Å². The number of amides is 1. The minimum Gasteiger partial charge on any atom is -0.495 e. The van der Waals surface area contributed by atoms with Crippen molar-refractivity contribution in [3.05, 3.63) is 54.4 Å². The molecule has 0 unspecified atom stereocenters. The summed E-state index contributed by atoms with van der Waals surface area (Å²) in [7, 11) is -2.20. The molecule has 0 aliphatic carbocycles. The second kappa shape index (κ2) is 9.05. The summed E-state index contributed by atoms with van der Waals surface area (Å²) in [5.41, 5.74) is 2.21. The first-order valence-corrected chi connectivity index (χ1v) is 11.6. The number of ether oxygens (including phenoxy) is 1. The number of rotatable bonds is 6. The first-order chi connectivity index (χ1) is 15.4. The molecule has 1 aliphatic heterocycles. The van der Waals surface area contributed by atoms with Crippen molar-refractivity contribution in [2.45, 2.75) is 24.7 Å². The predicted molar refractivity (Wildman–Crippen MR) is 117 cm³/mol. The van der Waals surface area contributed by atoms with E-state index in [-0.39, 0.29) is 17.3 Å². The molecule has 1 amide bonds. The lowest BCUT2D eigenvalue weighted by Crippen LogP contribution is -2.43. The van der Waals surface area contributed by atoms with Gasteiger partial charge in [0.15, 0.2) is 0 Å². The number of methoxy groups -OCH3 is 1. The maximum atomic E-state index is 13.2. The number of benzene rings is 2. The summed E-state index contributed by atoms with van der Waals surface area (Å²) in [4.78, 5) is 13.1. The smallest absolute Gasteiger partial charge is 0.243 e. The summed E-state index contributed by atoms with van der Waals surface area (Å²) in [5, 5.41) is 13.8. The lowest BCUT2D eigenvalue weighted by Gasteiger charge is -2.31. The number of carbonyl (C=O) groups excluding carboxylic acids is 1. The molecule has 1 aromatic heterocycles. The zero-order chi connectivity index (χ0) is 22.7. The summed E-state index contributed by atoms with van der Waals surface area (Å²) in [6, 6.07) is 11.8. The Morgan fingerprint density at radius 3 is 2.66 bits per heavy atom. The molecule has 0 radical (unpaired) electrons. The van der Waals surface area contributed by atoms with E-state index in [9.17, 15) is 13.2 Å². The molecular weight excluding hydrogens is 432 g/mol. The molecule has 11 heteroatoms. The highest BCUT2D eigenvalue weighted by molar-refractivity contribution is 7.89. The van der Waals surface area contributed by atoms with E-state index < -0.39 is 15.9 Å². The first kappa shape index (κ1) is 21.9. The van der Waals surface area contributed by atoms with Gasteiger partial charge in [-0.15, -0.1) is 5.10 Å². The van der Waals surface area contributed by atoms with Gasteiger partial charge in [0.05, 0.1) is 29.3 Å². The van der Waals surface area contributed by atoms with Crippen LogP contribution in [0.25, 0.3) is 5.69 Å². The summed E-state index contributed by atoms with van der Waals surface area (Å²) in [6.07, 6.45) is 2.65. The van der Waals surface area contributed by atoms with Gasteiger partial charge < -0.3 is 10.1 Å². The standard InChI is InChI=1S/C21H24N6O4S/c1-15-5-10-20(31-2)19(12-15)23-21(28)16-4-3-11-26(13-16)32(29,30)18-8-6-17(7-9-18)27-14-22-24-25-27/h5-10,12,14,16H,3-4,11,13H2,1-2H3,(H,23,28)/t16-/m0/s1. The Morgan fingerprint density at radius 1 is 1.19 bits per heavy atom. The van der Waals surface area contributed by atoms with Crippen molar-refractivity contribution < 1.29 is 17.9 Å². The van der Waals surface area contributed by atoms with E-state index in [2.05, 4.69) is 20.8 Å².